The van der Waals surface area contributed by atoms with Crippen molar-refractivity contribution in [3.05, 3.63) is 52.2 Å². The monoisotopic (exact) mass is 427 g/mol. The highest BCUT2D eigenvalue weighted by molar-refractivity contribution is 9.10. The summed E-state index contributed by atoms with van der Waals surface area (Å²) in [6, 6.07) is 7.79. The second-order valence-corrected chi connectivity index (χ2v) is 7.73. The first-order chi connectivity index (χ1) is 11.4. The molecular formula is C15H11BrClN3O3S. The molecule has 0 aliphatic rings. The molecular weight excluding hydrogens is 418 g/mol. The van der Waals surface area contributed by atoms with Gasteiger partial charge in [0, 0.05) is 17.4 Å². The van der Waals surface area contributed by atoms with Gasteiger partial charge in [0.1, 0.15) is 4.90 Å². The second kappa shape index (κ2) is 6.54. The van der Waals surface area contributed by atoms with E-state index in [9.17, 15) is 8.42 Å². The quantitative estimate of drug-likeness (QED) is 0.682. The first-order valence-electron chi connectivity index (χ1n) is 6.67. The van der Waals surface area contributed by atoms with Crippen molar-refractivity contribution in [2.75, 3.05) is 11.8 Å². The zero-order valence-electron chi connectivity index (χ0n) is 12.3. The zero-order valence-corrected chi connectivity index (χ0v) is 15.5. The van der Waals surface area contributed by atoms with Crippen LogP contribution in [0.15, 0.2) is 52.1 Å². The second-order valence-electron chi connectivity index (χ2n) is 4.78. The Morgan fingerprint density at radius 2 is 1.83 bits per heavy atom. The molecule has 24 heavy (non-hydrogen) atoms. The molecule has 0 saturated carbocycles. The first-order valence-corrected chi connectivity index (χ1v) is 9.33. The Morgan fingerprint density at radius 1 is 1.12 bits per heavy atom. The van der Waals surface area contributed by atoms with E-state index in [1.54, 1.807) is 30.5 Å². The molecule has 6 nitrogen and oxygen atoms in total. The zero-order chi connectivity index (χ0) is 17.3. The van der Waals surface area contributed by atoms with Crippen molar-refractivity contribution in [3.8, 4) is 5.75 Å². The van der Waals surface area contributed by atoms with E-state index < -0.39 is 10.0 Å². The number of rotatable bonds is 4. The predicted octanol–water partition coefficient (Wildman–Crippen LogP) is 3.86. The molecule has 1 N–H and O–H groups in total. The lowest BCUT2D eigenvalue weighted by Crippen LogP contribution is -2.14. The van der Waals surface area contributed by atoms with E-state index in [0.717, 1.165) is 0 Å². The number of aromatic nitrogens is 2. The van der Waals surface area contributed by atoms with Gasteiger partial charge in [0.2, 0.25) is 0 Å². The standard InChI is InChI=1S/C15H11BrClN3O3S/c1-23-15-11(16)6-9(17)7-14(15)24(21,22)20-10-2-3-12-13(8-10)19-5-4-18-12/h2-8,20H,1H3. The summed E-state index contributed by atoms with van der Waals surface area (Å²) >= 11 is 9.22. The number of benzene rings is 2. The van der Waals surface area contributed by atoms with Crippen LogP contribution in [0, 0.1) is 0 Å². The number of sulfonamides is 1. The van der Waals surface area contributed by atoms with Gasteiger partial charge in [-0.05, 0) is 46.3 Å². The van der Waals surface area contributed by atoms with Gasteiger partial charge in [-0.1, -0.05) is 11.6 Å². The molecule has 3 rings (SSSR count). The normalized spacial score (nSPS) is 11.5. The lowest BCUT2D eigenvalue weighted by Gasteiger charge is -2.13. The summed E-state index contributed by atoms with van der Waals surface area (Å²) in [4.78, 5) is 8.23. The number of nitrogens with zero attached hydrogens (tertiary/aromatic N) is 2. The van der Waals surface area contributed by atoms with E-state index in [0.29, 0.717) is 21.2 Å². The van der Waals surface area contributed by atoms with E-state index >= 15 is 0 Å². The third-order valence-corrected chi connectivity index (χ3v) is 5.38. The largest absolute Gasteiger partial charge is 0.494 e. The summed E-state index contributed by atoms with van der Waals surface area (Å²) in [6.07, 6.45) is 3.11. The van der Waals surface area contributed by atoms with Gasteiger partial charge >= 0.3 is 0 Å². The number of anilines is 1. The smallest absolute Gasteiger partial charge is 0.265 e. The molecule has 9 heteroatoms. The molecule has 0 aliphatic heterocycles. The molecule has 0 atom stereocenters. The van der Waals surface area contributed by atoms with Gasteiger partial charge in [-0.3, -0.25) is 14.7 Å². The van der Waals surface area contributed by atoms with Crippen molar-refractivity contribution in [2.24, 2.45) is 0 Å². The van der Waals surface area contributed by atoms with Gasteiger partial charge in [-0.2, -0.15) is 0 Å². The van der Waals surface area contributed by atoms with Crippen LogP contribution in [0.1, 0.15) is 0 Å². The van der Waals surface area contributed by atoms with Crippen LogP contribution in [-0.4, -0.2) is 25.5 Å². The molecule has 2 aromatic carbocycles. The van der Waals surface area contributed by atoms with Crippen LogP contribution in [0.4, 0.5) is 5.69 Å². The molecule has 0 bridgehead atoms. The van der Waals surface area contributed by atoms with Crippen molar-refractivity contribution in [3.63, 3.8) is 0 Å². The maximum Gasteiger partial charge on any atom is 0.265 e. The van der Waals surface area contributed by atoms with Crippen molar-refractivity contribution in [2.45, 2.75) is 4.90 Å². The number of halogens is 2. The van der Waals surface area contributed by atoms with Gasteiger partial charge in [-0.25, -0.2) is 8.42 Å². The minimum absolute atomic E-state index is 0.0661. The van der Waals surface area contributed by atoms with Gasteiger partial charge in [0.05, 0.1) is 28.3 Å². The number of hydrogen-bond acceptors (Lipinski definition) is 5. The fourth-order valence-corrected chi connectivity index (χ4v) is 4.61. The Balaban J connectivity index is 2.04. The summed E-state index contributed by atoms with van der Waals surface area (Å²) in [5, 5.41) is 0.271. The Bertz CT molecular complexity index is 1030. The highest BCUT2D eigenvalue weighted by atomic mass is 79.9. The topological polar surface area (TPSA) is 81.2 Å². The first kappa shape index (κ1) is 16.9. The van der Waals surface area contributed by atoms with Crippen LogP contribution in [-0.2, 0) is 10.0 Å². The Labute approximate surface area is 152 Å². The van der Waals surface area contributed by atoms with Crippen LogP contribution in [0.2, 0.25) is 5.02 Å². The van der Waals surface area contributed by atoms with Crippen molar-refractivity contribution >= 4 is 54.3 Å². The highest BCUT2D eigenvalue weighted by Crippen LogP contribution is 2.36. The molecule has 0 aliphatic carbocycles. The van der Waals surface area contributed by atoms with Crippen LogP contribution >= 0.6 is 27.5 Å². The molecule has 0 spiro atoms. The molecule has 1 aromatic heterocycles. The summed E-state index contributed by atoms with van der Waals surface area (Å²) < 4.78 is 33.6. The van der Waals surface area contributed by atoms with Crippen molar-refractivity contribution < 1.29 is 13.2 Å². The summed E-state index contributed by atoms with van der Waals surface area (Å²) in [5.74, 6) is 0.174. The predicted molar refractivity (Wildman–Crippen MR) is 96.1 cm³/mol. The minimum atomic E-state index is -3.91. The Hall–Kier alpha value is -1.90. The van der Waals surface area contributed by atoms with Crippen LogP contribution in [0.3, 0.4) is 0 Å². The number of nitrogens with one attached hydrogen (secondary N) is 1. The molecule has 0 saturated heterocycles. The number of ether oxygens (including phenoxy) is 1. The fourth-order valence-electron chi connectivity index (χ4n) is 2.17. The molecule has 1 heterocycles. The molecule has 0 radical (unpaired) electrons. The number of methoxy groups -OCH3 is 1. The van der Waals surface area contributed by atoms with Crippen molar-refractivity contribution in [1.82, 2.24) is 9.97 Å². The van der Waals surface area contributed by atoms with E-state index in [-0.39, 0.29) is 15.7 Å². The Kier molecular flexibility index (Phi) is 4.62. The van der Waals surface area contributed by atoms with Crippen molar-refractivity contribution in [1.29, 1.82) is 0 Å². The molecule has 0 unspecified atom stereocenters. The lowest BCUT2D eigenvalue weighted by atomic mass is 10.3. The van der Waals surface area contributed by atoms with Gasteiger partial charge in [0.15, 0.2) is 5.75 Å². The average Bonchev–Trinajstić information content (AvgIpc) is 2.53. The summed E-state index contributed by atoms with van der Waals surface area (Å²) in [5.41, 5.74) is 1.61. The number of fused-ring (bicyclic) bond motifs is 1. The van der Waals surface area contributed by atoms with Gasteiger partial charge in [0.25, 0.3) is 10.0 Å². The average molecular weight is 429 g/mol. The van der Waals surface area contributed by atoms with E-state index in [1.807, 2.05) is 0 Å². The SMILES string of the molecule is COc1c(Br)cc(Cl)cc1S(=O)(=O)Nc1ccc2nccnc2c1. The molecule has 0 amide bonds. The lowest BCUT2D eigenvalue weighted by molar-refractivity contribution is 0.400. The van der Waals surface area contributed by atoms with E-state index in [1.165, 1.54) is 19.4 Å². The maximum atomic E-state index is 12.7. The summed E-state index contributed by atoms with van der Waals surface area (Å²) in [6.45, 7) is 0. The molecule has 124 valence electrons. The minimum Gasteiger partial charge on any atom is -0.494 e. The molecule has 0 fully saturated rings. The third kappa shape index (κ3) is 3.31. The highest BCUT2D eigenvalue weighted by Gasteiger charge is 2.23. The Morgan fingerprint density at radius 3 is 2.54 bits per heavy atom. The summed E-state index contributed by atoms with van der Waals surface area (Å²) in [7, 11) is -2.52. The van der Waals surface area contributed by atoms with Gasteiger partial charge < -0.3 is 4.74 Å². The third-order valence-electron chi connectivity index (χ3n) is 3.19. The molecule has 3 aromatic rings. The number of hydrogen-bond donors (Lipinski definition) is 1. The van der Waals surface area contributed by atoms with Crippen LogP contribution in [0.25, 0.3) is 11.0 Å². The fraction of sp³-hybridized carbons (Fsp3) is 0.0667. The van der Waals surface area contributed by atoms with Crippen LogP contribution in [0.5, 0.6) is 5.75 Å². The van der Waals surface area contributed by atoms with Gasteiger partial charge in [-0.15, -0.1) is 0 Å². The van der Waals surface area contributed by atoms with E-state index in [2.05, 4.69) is 30.6 Å². The van der Waals surface area contributed by atoms with E-state index in [4.69, 9.17) is 16.3 Å². The van der Waals surface area contributed by atoms with Crippen LogP contribution < -0.4 is 9.46 Å². The maximum absolute atomic E-state index is 12.7.